The second-order valence-electron chi connectivity index (χ2n) is 5.70. The van der Waals surface area contributed by atoms with Gasteiger partial charge in [0.05, 0.1) is 0 Å². The lowest BCUT2D eigenvalue weighted by molar-refractivity contribution is 0.777. The summed E-state index contributed by atoms with van der Waals surface area (Å²) < 4.78 is 0. The SMILES string of the molecule is CC(C)c1cc(C(C)C)c(S)c(C(C)C)c1N. The van der Waals surface area contributed by atoms with E-state index in [9.17, 15) is 0 Å². The van der Waals surface area contributed by atoms with Crippen LogP contribution < -0.4 is 5.73 Å². The molecule has 0 saturated carbocycles. The Balaban J connectivity index is 3.58. The smallest absolute Gasteiger partial charge is 0.0395 e. The van der Waals surface area contributed by atoms with Crippen molar-refractivity contribution < 1.29 is 0 Å². The Morgan fingerprint density at radius 1 is 0.882 bits per heavy atom. The molecule has 0 aliphatic carbocycles. The van der Waals surface area contributed by atoms with E-state index in [0.29, 0.717) is 17.8 Å². The van der Waals surface area contributed by atoms with Gasteiger partial charge < -0.3 is 5.73 Å². The summed E-state index contributed by atoms with van der Waals surface area (Å²) in [5, 5.41) is 0. The Labute approximate surface area is 111 Å². The third-order valence-electron chi connectivity index (χ3n) is 3.26. The molecule has 1 aromatic rings. The van der Waals surface area contributed by atoms with E-state index in [1.165, 1.54) is 16.7 Å². The van der Waals surface area contributed by atoms with Crippen LogP contribution in [0, 0.1) is 0 Å². The molecule has 1 aromatic carbocycles. The number of anilines is 1. The highest BCUT2D eigenvalue weighted by molar-refractivity contribution is 7.80. The van der Waals surface area contributed by atoms with Crippen LogP contribution in [0.3, 0.4) is 0 Å². The molecule has 0 aliphatic rings. The van der Waals surface area contributed by atoms with Gasteiger partial charge in [0.2, 0.25) is 0 Å². The molecule has 2 N–H and O–H groups in total. The minimum absolute atomic E-state index is 0.415. The van der Waals surface area contributed by atoms with Crippen molar-refractivity contribution in [1.82, 2.24) is 0 Å². The minimum Gasteiger partial charge on any atom is -0.398 e. The van der Waals surface area contributed by atoms with Crippen molar-refractivity contribution in [2.45, 2.75) is 64.2 Å². The lowest BCUT2D eigenvalue weighted by Gasteiger charge is -2.23. The first-order valence-electron chi connectivity index (χ1n) is 6.42. The maximum absolute atomic E-state index is 6.31. The van der Waals surface area contributed by atoms with E-state index >= 15 is 0 Å². The van der Waals surface area contributed by atoms with Crippen LogP contribution in [0.25, 0.3) is 0 Å². The monoisotopic (exact) mass is 251 g/mol. The van der Waals surface area contributed by atoms with Crippen LogP contribution in [0.4, 0.5) is 5.69 Å². The molecule has 1 nitrogen and oxygen atoms in total. The topological polar surface area (TPSA) is 26.0 Å². The zero-order valence-corrected chi connectivity index (χ0v) is 12.7. The van der Waals surface area contributed by atoms with Gasteiger partial charge in [-0.05, 0) is 34.4 Å². The molecule has 0 saturated heterocycles. The van der Waals surface area contributed by atoms with E-state index in [1.807, 2.05) is 0 Å². The minimum atomic E-state index is 0.415. The highest BCUT2D eigenvalue weighted by atomic mass is 32.1. The maximum Gasteiger partial charge on any atom is 0.0395 e. The Morgan fingerprint density at radius 2 is 1.35 bits per heavy atom. The molecule has 0 bridgehead atoms. The van der Waals surface area contributed by atoms with Crippen molar-refractivity contribution in [2.75, 3.05) is 5.73 Å². The number of nitrogen functional groups attached to an aromatic ring is 1. The Morgan fingerprint density at radius 3 is 1.71 bits per heavy atom. The van der Waals surface area contributed by atoms with Crippen LogP contribution in [0.1, 0.15) is 76.0 Å². The molecule has 0 radical (unpaired) electrons. The van der Waals surface area contributed by atoms with Gasteiger partial charge in [-0.1, -0.05) is 47.6 Å². The summed E-state index contributed by atoms with van der Waals surface area (Å²) in [5.74, 6) is 1.36. The lowest BCUT2D eigenvalue weighted by Crippen LogP contribution is -2.07. The fourth-order valence-corrected chi connectivity index (χ4v) is 2.96. The van der Waals surface area contributed by atoms with Crippen LogP contribution in [-0.2, 0) is 0 Å². The molecule has 0 fully saturated rings. The molecule has 0 unspecified atom stereocenters. The molecule has 0 aliphatic heterocycles. The Kier molecular flexibility index (Phi) is 4.54. The molecule has 2 heteroatoms. The largest absolute Gasteiger partial charge is 0.398 e. The van der Waals surface area contributed by atoms with E-state index in [0.717, 1.165) is 10.6 Å². The maximum atomic E-state index is 6.31. The van der Waals surface area contributed by atoms with Crippen molar-refractivity contribution in [3.63, 3.8) is 0 Å². The first-order chi connectivity index (χ1) is 7.77. The average molecular weight is 251 g/mol. The van der Waals surface area contributed by atoms with Crippen LogP contribution in [0.5, 0.6) is 0 Å². The molecule has 1 rings (SSSR count). The second kappa shape index (κ2) is 5.34. The summed E-state index contributed by atoms with van der Waals surface area (Å²) >= 11 is 4.70. The van der Waals surface area contributed by atoms with Gasteiger partial charge in [-0.15, -0.1) is 12.6 Å². The van der Waals surface area contributed by atoms with Gasteiger partial charge in [0.15, 0.2) is 0 Å². The molecule has 0 heterocycles. The average Bonchev–Trinajstić information content (AvgIpc) is 2.15. The van der Waals surface area contributed by atoms with Crippen LogP contribution in [0.15, 0.2) is 11.0 Å². The predicted molar refractivity (Wildman–Crippen MR) is 80.4 cm³/mol. The van der Waals surface area contributed by atoms with E-state index in [-0.39, 0.29) is 0 Å². The molecule has 0 amide bonds. The highest BCUT2D eigenvalue weighted by Crippen LogP contribution is 2.39. The van der Waals surface area contributed by atoms with E-state index in [1.54, 1.807) is 0 Å². The number of rotatable bonds is 3. The van der Waals surface area contributed by atoms with Gasteiger partial charge in [-0.3, -0.25) is 0 Å². The van der Waals surface area contributed by atoms with Gasteiger partial charge in [-0.25, -0.2) is 0 Å². The quantitative estimate of drug-likeness (QED) is 0.578. The van der Waals surface area contributed by atoms with Gasteiger partial charge in [-0.2, -0.15) is 0 Å². The van der Waals surface area contributed by atoms with Gasteiger partial charge in [0, 0.05) is 10.6 Å². The summed E-state index contributed by atoms with van der Waals surface area (Å²) in [7, 11) is 0. The van der Waals surface area contributed by atoms with Crippen molar-refractivity contribution in [2.24, 2.45) is 0 Å². The Hall–Kier alpha value is -0.630. The van der Waals surface area contributed by atoms with Gasteiger partial charge in [0.1, 0.15) is 0 Å². The van der Waals surface area contributed by atoms with Crippen molar-refractivity contribution in [1.29, 1.82) is 0 Å². The number of hydrogen-bond acceptors (Lipinski definition) is 2. The van der Waals surface area contributed by atoms with Crippen molar-refractivity contribution in [3.05, 3.63) is 22.8 Å². The van der Waals surface area contributed by atoms with E-state index in [2.05, 4.69) is 47.6 Å². The summed E-state index contributed by atoms with van der Waals surface area (Å²) in [6.45, 7) is 13.2. The number of benzene rings is 1. The van der Waals surface area contributed by atoms with Crippen molar-refractivity contribution in [3.8, 4) is 0 Å². The van der Waals surface area contributed by atoms with Crippen molar-refractivity contribution >= 4 is 18.3 Å². The molecule has 0 spiro atoms. The lowest BCUT2D eigenvalue weighted by atomic mass is 9.87. The number of hydrogen-bond donors (Lipinski definition) is 2. The first kappa shape index (κ1) is 14.4. The molecule has 0 atom stereocenters. The van der Waals surface area contributed by atoms with Gasteiger partial charge in [0.25, 0.3) is 0 Å². The fraction of sp³-hybridized carbons (Fsp3) is 0.600. The molecule has 96 valence electrons. The number of thiol groups is 1. The Bertz CT molecular complexity index is 374. The first-order valence-corrected chi connectivity index (χ1v) is 6.87. The zero-order chi connectivity index (χ0) is 13.3. The zero-order valence-electron chi connectivity index (χ0n) is 11.8. The third kappa shape index (κ3) is 2.79. The van der Waals surface area contributed by atoms with Crippen LogP contribution in [-0.4, -0.2) is 0 Å². The molecular formula is C15H25NS. The molecule has 0 aromatic heterocycles. The molecule has 17 heavy (non-hydrogen) atoms. The summed E-state index contributed by atoms with van der Waals surface area (Å²) in [5.41, 5.74) is 11.0. The fourth-order valence-electron chi connectivity index (χ4n) is 2.25. The predicted octanol–water partition coefficient (Wildman–Crippen LogP) is 4.93. The van der Waals surface area contributed by atoms with Crippen LogP contribution >= 0.6 is 12.6 Å². The summed E-state index contributed by atoms with van der Waals surface area (Å²) in [6.07, 6.45) is 0. The normalized spacial score (nSPS) is 11.9. The van der Waals surface area contributed by atoms with E-state index in [4.69, 9.17) is 18.4 Å². The second-order valence-corrected chi connectivity index (χ2v) is 6.14. The standard InChI is InChI=1S/C15H25NS/c1-8(2)11-7-12(9(3)4)15(17)13(10(5)6)14(11)16/h7-10,17H,16H2,1-6H3. The third-order valence-corrected chi connectivity index (χ3v) is 3.76. The van der Waals surface area contributed by atoms with Crippen LogP contribution in [0.2, 0.25) is 0 Å². The van der Waals surface area contributed by atoms with E-state index < -0.39 is 0 Å². The number of nitrogens with two attached hydrogens (primary N) is 1. The molecular weight excluding hydrogens is 226 g/mol. The highest BCUT2D eigenvalue weighted by Gasteiger charge is 2.19. The summed E-state index contributed by atoms with van der Waals surface area (Å²) in [6, 6.07) is 2.24. The summed E-state index contributed by atoms with van der Waals surface area (Å²) in [4.78, 5) is 1.08. The van der Waals surface area contributed by atoms with Gasteiger partial charge >= 0.3 is 0 Å².